The summed E-state index contributed by atoms with van der Waals surface area (Å²) in [4.78, 5) is 29.9. The molecule has 0 unspecified atom stereocenters. The van der Waals surface area contributed by atoms with E-state index in [1.807, 2.05) is 75.4 Å². The summed E-state index contributed by atoms with van der Waals surface area (Å²) >= 11 is 12.5. The van der Waals surface area contributed by atoms with Crippen LogP contribution in [0.25, 0.3) is 0 Å². The van der Waals surface area contributed by atoms with Crippen LogP contribution in [-0.4, -0.2) is 43.8 Å². The van der Waals surface area contributed by atoms with Gasteiger partial charge >= 0.3 is 0 Å². The van der Waals surface area contributed by atoms with E-state index in [0.29, 0.717) is 6.42 Å². The van der Waals surface area contributed by atoms with Crippen LogP contribution in [0.3, 0.4) is 0 Å². The van der Waals surface area contributed by atoms with Crippen molar-refractivity contribution in [1.29, 1.82) is 0 Å². The summed E-state index contributed by atoms with van der Waals surface area (Å²) < 4.78 is 29.1. The SMILES string of the molecule is CC[C@H](C)NC(=O)[C@@H](Cc1ccccc1)N(Cc1ccc(C)cc1)C(=O)CN(c1ccc(Cl)c(Cl)c1)S(=O)(=O)c1ccccc1. The molecular formula is C35H37Cl2N3O4S. The molecule has 0 aliphatic carbocycles. The largest absolute Gasteiger partial charge is 0.352 e. The molecule has 0 radical (unpaired) electrons. The Bertz CT molecular complexity index is 1700. The molecule has 0 aliphatic heterocycles. The van der Waals surface area contributed by atoms with Crippen molar-refractivity contribution in [2.24, 2.45) is 0 Å². The van der Waals surface area contributed by atoms with Gasteiger partial charge in [-0.05, 0) is 61.7 Å². The topological polar surface area (TPSA) is 86.8 Å². The molecule has 0 saturated heterocycles. The van der Waals surface area contributed by atoms with Gasteiger partial charge in [0, 0.05) is 19.0 Å². The normalized spacial score (nSPS) is 12.6. The van der Waals surface area contributed by atoms with E-state index in [1.54, 1.807) is 18.2 Å². The first-order valence-corrected chi connectivity index (χ1v) is 16.9. The fourth-order valence-corrected chi connectivity index (χ4v) is 6.49. The number of amides is 2. The zero-order chi connectivity index (χ0) is 32.6. The molecule has 45 heavy (non-hydrogen) atoms. The summed E-state index contributed by atoms with van der Waals surface area (Å²) in [5, 5.41) is 3.42. The van der Waals surface area contributed by atoms with Crippen LogP contribution in [0, 0.1) is 6.92 Å². The van der Waals surface area contributed by atoms with Gasteiger partial charge in [0.15, 0.2) is 0 Å². The highest BCUT2D eigenvalue weighted by atomic mass is 35.5. The molecule has 4 rings (SSSR count). The van der Waals surface area contributed by atoms with Crippen molar-refractivity contribution in [2.75, 3.05) is 10.8 Å². The minimum absolute atomic E-state index is 0.00399. The highest BCUT2D eigenvalue weighted by Gasteiger charge is 2.35. The number of nitrogens with one attached hydrogen (secondary N) is 1. The van der Waals surface area contributed by atoms with Gasteiger partial charge in [-0.3, -0.25) is 13.9 Å². The molecule has 0 aromatic heterocycles. The maximum absolute atomic E-state index is 14.5. The molecule has 0 saturated carbocycles. The number of hydrogen-bond donors (Lipinski definition) is 1. The second-order valence-electron chi connectivity index (χ2n) is 11.0. The molecule has 4 aromatic carbocycles. The highest BCUT2D eigenvalue weighted by molar-refractivity contribution is 7.92. The third kappa shape index (κ3) is 8.87. The van der Waals surface area contributed by atoms with E-state index < -0.39 is 28.5 Å². The van der Waals surface area contributed by atoms with E-state index >= 15 is 0 Å². The van der Waals surface area contributed by atoms with E-state index in [4.69, 9.17) is 23.2 Å². The third-order valence-corrected chi connectivity index (χ3v) is 10.1. The Morgan fingerprint density at radius 1 is 0.822 bits per heavy atom. The fourth-order valence-electron chi connectivity index (χ4n) is 4.77. The van der Waals surface area contributed by atoms with Crippen LogP contribution < -0.4 is 9.62 Å². The average molecular weight is 667 g/mol. The van der Waals surface area contributed by atoms with Crippen molar-refractivity contribution in [3.05, 3.63) is 130 Å². The highest BCUT2D eigenvalue weighted by Crippen LogP contribution is 2.31. The molecule has 0 spiro atoms. The lowest BCUT2D eigenvalue weighted by atomic mass is 10.0. The van der Waals surface area contributed by atoms with Gasteiger partial charge < -0.3 is 10.2 Å². The number of carbonyl (C=O) groups is 2. The van der Waals surface area contributed by atoms with Crippen LogP contribution >= 0.6 is 23.2 Å². The van der Waals surface area contributed by atoms with Crippen molar-refractivity contribution in [1.82, 2.24) is 10.2 Å². The minimum Gasteiger partial charge on any atom is -0.352 e. The van der Waals surface area contributed by atoms with E-state index in [2.05, 4.69) is 5.32 Å². The molecule has 0 aliphatic rings. The van der Waals surface area contributed by atoms with Crippen molar-refractivity contribution in [2.45, 2.75) is 57.1 Å². The molecule has 10 heteroatoms. The smallest absolute Gasteiger partial charge is 0.264 e. The van der Waals surface area contributed by atoms with Crippen LogP contribution in [0.4, 0.5) is 5.69 Å². The molecule has 7 nitrogen and oxygen atoms in total. The average Bonchev–Trinajstić information content (AvgIpc) is 3.04. The molecule has 1 N–H and O–H groups in total. The predicted octanol–water partition coefficient (Wildman–Crippen LogP) is 7.05. The minimum atomic E-state index is -4.24. The number of halogens is 2. The van der Waals surface area contributed by atoms with Crippen LogP contribution in [0.15, 0.2) is 108 Å². The first kappa shape index (κ1) is 34.0. The molecule has 236 valence electrons. The maximum Gasteiger partial charge on any atom is 0.264 e. The van der Waals surface area contributed by atoms with Crippen LogP contribution in [0.2, 0.25) is 10.0 Å². The molecule has 0 heterocycles. The summed E-state index contributed by atoms with van der Waals surface area (Å²) in [6.45, 7) is 5.35. The van der Waals surface area contributed by atoms with E-state index in [9.17, 15) is 18.0 Å². The van der Waals surface area contributed by atoms with E-state index in [-0.39, 0.29) is 45.5 Å². The number of benzene rings is 4. The molecule has 0 bridgehead atoms. The summed E-state index contributed by atoms with van der Waals surface area (Å²) in [5.41, 5.74) is 2.88. The second-order valence-corrected chi connectivity index (χ2v) is 13.6. The number of carbonyl (C=O) groups excluding carboxylic acids is 2. The maximum atomic E-state index is 14.5. The van der Waals surface area contributed by atoms with Crippen molar-refractivity contribution < 1.29 is 18.0 Å². The molecule has 2 atom stereocenters. The standard InChI is InChI=1S/C35H37Cl2N3O4S/c1-4-26(3)38-35(42)33(21-27-11-7-5-8-12-27)39(23-28-17-15-25(2)16-18-28)34(41)24-40(29-19-20-31(36)32(37)22-29)45(43,44)30-13-9-6-10-14-30/h5-20,22,26,33H,4,21,23-24H2,1-3H3,(H,38,42)/t26-,33+/m0/s1. The fraction of sp³-hybridized carbons (Fsp3) is 0.257. The van der Waals surface area contributed by atoms with Gasteiger partial charge in [0.1, 0.15) is 12.6 Å². The Morgan fingerprint density at radius 3 is 2.04 bits per heavy atom. The summed E-state index contributed by atoms with van der Waals surface area (Å²) in [6.07, 6.45) is 0.940. The second kappa shape index (κ2) is 15.4. The number of nitrogens with zero attached hydrogens (tertiary/aromatic N) is 2. The van der Waals surface area contributed by atoms with Gasteiger partial charge in [-0.1, -0.05) is 108 Å². The predicted molar refractivity (Wildman–Crippen MR) is 181 cm³/mol. The quantitative estimate of drug-likeness (QED) is 0.166. The lowest BCUT2D eigenvalue weighted by Crippen LogP contribution is -2.54. The summed E-state index contributed by atoms with van der Waals surface area (Å²) in [7, 11) is -4.24. The summed E-state index contributed by atoms with van der Waals surface area (Å²) in [6, 6.07) is 28.3. The van der Waals surface area contributed by atoms with Gasteiger partial charge in [0.05, 0.1) is 20.6 Å². The van der Waals surface area contributed by atoms with Crippen molar-refractivity contribution in [3.8, 4) is 0 Å². The lowest BCUT2D eigenvalue weighted by molar-refractivity contribution is -0.140. The van der Waals surface area contributed by atoms with Gasteiger partial charge in [-0.15, -0.1) is 0 Å². The van der Waals surface area contributed by atoms with Gasteiger partial charge in [0.25, 0.3) is 10.0 Å². The van der Waals surface area contributed by atoms with Crippen LogP contribution in [-0.2, 0) is 32.6 Å². The number of sulfonamides is 1. The Morgan fingerprint density at radius 2 is 1.44 bits per heavy atom. The van der Waals surface area contributed by atoms with Gasteiger partial charge in [0.2, 0.25) is 11.8 Å². The third-order valence-electron chi connectivity index (χ3n) is 7.55. The van der Waals surface area contributed by atoms with Crippen LogP contribution in [0.5, 0.6) is 0 Å². The van der Waals surface area contributed by atoms with E-state index in [1.165, 1.54) is 35.2 Å². The molecule has 2 amide bonds. The van der Waals surface area contributed by atoms with Gasteiger partial charge in [-0.25, -0.2) is 8.42 Å². The van der Waals surface area contributed by atoms with Crippen molar-refractivity contribution >= 4 is 50.7 Å². The Labute approximate surface area is 275 Å². The Balaban J connectivity index is 1.81. The number of anilines is 1. The first-order valence-electron chi connectivity index (χ1n) is 14.7. The van der Waals surface area contributed by atoms with Crippen LogP contribution in [0.1, 0.15) is 37.0 Å². The lowest BCUT2D eigenvalue weighted by Gasteiger charge is -2.34. The zero-order valence-electron chi connectivity index (χ0n) is 25.5. The monoisotopic (exact) mass is 665 g/mol. The van der Waals surface area contributed by atoms with Crippen molar-refractivity contribution in [3.63, 3.8) is 0 Å². The van der Waals surface area contributed by atoms with Gasteiger partial charge in [-0.2, -0.15) is 0 Å². The molecule has 4 aromatic rings. The number of hydrogen-bond acceptors (Lipinski definition) is 4. The molecule has 0 fully saturated rings. The van der Waals surface area contributed by atoms with E-state index in [0.717, 1.165) is 21.0 Å². The first-order chi connectivity index (χ1) is 21.5. The zero-order valence-corrected chi connectivity index (χ0v) is 27.8. The molecular weight excluding hydrogens is 629 g/mol. The Hall–Kier alpha value is -3.85. The number of aryl methyl sites for hydroxylation is 1. The number of rotatable bonds is 13. The summed E-state index contributed by atoms with van der Waals surface area (Å²) in [5.74, 6) is -0.873. The Kier molecular flexibility index (Phi) is 11.7.